The van der Waals surface area contributed by atoms with Gasteiger partial charge < -0.3 is 14.5 Å². The van der Waals surface area contributed by atoms with Crippen molar-refractivity contribution in [3.05, 3.63) is 101 Å². The van der Waals surface area contributed by atoms with E-state index in [1.54, 1.807) is 6.08 Å². The van der Waals surface area contributed by atoms with Crippen LogP contribution in [0.15, 0.2) is 78.9 Å². The number of hydrogen-bond donors (Lipinski definition) is 1. The van der Waals surface area contributed by atoms with Crippen molar-refractivity contribution in [3.8, 4) is 17.6 Å². The van der Waals surface area contributed by atoms with Crippen molar-refractivity contribution < 1.29 is 9.47 Å². The van der Waals surface area contributed by atoms with Crippen LogP contribution in [0.5, 0.6) is 11.5 Å². The van der Waals surface area contributed by atoms with Crippen LogP contribution < -0.4 is 9.47 Å². The van der Waals surface area contributed by atoms with E-state index >= 15 is 0 Å². The standard InChI is InChI=1S/C30H25N3O2/c1-3-34-29-17-21(15-25(18-31)30-32-26-12-8-20(2)14-27(26)33-30)10-13-28(29)35-19-22-9-11-23-6-4-5-7-24(23)16-22/h4-17H,3,19H2,1-2H3,(H,32,33). The lowest BCUT2D eigenvalue weighted by Gasteiger charge is -2.13. The molecule has 5 nitrogen and oxygen atoms in total. The summed E-state index contributed by atoms with van der Waals surface area (Å²) in [7, 11) is 0. The van der Waals surface area contributed by atoms with Crippen molar-refractivity contribution in [1.29, 1.82) is 5.26 Å². The Kier molecular flexibility index (Phi) is 6.19. The molecule has 0 spiro atoms. The Morgan fingerprint density at radius 3 is 2.63 bits per heavy atom. The molecule has 0 aliphatic carbocycles. The van der Waals surface area contributed by atoms with Crippen molar-refractivity contribution in [2.24, 2.45) is 0 Å². The average molecular weight is 460 g/mol. The first-order chi connectivity index (χ1) is 17.1. The van der Waals surface area contributed by atoms with Crippen molar-refractivity contribution in [2.75, 3.05) is 6.61 Å². The van der Waals surface area contributed by atoms with Crippen LogP contribution >= 0.6 is 0 Å². The zero-order valence-electron chi connectivity index (χ0n) is 19.7. The number of fused-ring (bicyclic) bond motifs is 2. The van der Waals surface area contributed by atoms with Crippen LogP contribution in [-0.4, -0.2) is 16.6 Å². The molecule has 0 amide bonds. The van der Waals surface area contributed by atoms with Crippen LogP contribution in [0.1, 0.15) is 29.4 Å². The summed E-state index contributed by atoms with van der Waals surface area (Å²) in [6, 6.07) is 28.5. The number of aromatic nitrogens is 2. The molecule has 5 rings (SSSR count). The predicted molar refractivity (Wildman–Crippen MR) is 140 cm³/mol. The molecule has 35 heavy (non-hydrogen) atoms. The zero-order chi connectivity index (χ0) is 24.2. The summed E-state index contributed by atoms with van der Waals surface area (Å²) < 4.78 is 12.0. The quantitative estimate of drug-likeness (QED) is 0.264. The first kappa shape index (κ1) is 22.2. The van der Waals surface area contributed by atoms with Crippen molar-refractivity contribution in [2.45, 2.75) is 20.5 Å². The number of H-pyrrole nitrogens is 1. The zero-order valence-corrected chi connectivity index (χ0v) is 19.7. The number of allylic oxidation sites excluding steroid dienone is 1. The highest BCUT2D eigenvalue weighted by Crippen LogP contribution is 2.31. The van der Waals surface area contributed by atoms with E-state index in [1.165, 1.54) is 10.8 Å². The Labute approximate surface area is 204 Å². The molecule has 172 valence electrons. The molecule has 0 fully saturated rings. The van der Waals surface area contributed by atoms with E-state index in [-0.39, 0.29) is 0 Å². The molecule has 4 aromatic carbocycles. The van der Waals surface area contributed by atoms with E-state index < -0.39 is 0 Å². The lowest BCUT2D eigenvalue weighted by molar-refractivity contribution is 0.269. The van der Waals surface area contributed by atoms with Gasteiger partial charge in [0.25, 0.3) is 0 Å². The minimum atomic E-state index is 0.432. The van der Waals surface area contributed by atoms with E-state index in [9.17, 15) is 5.26 Å². The van der Waals surface area contributed by atoms with Gasteiger partial charge in [0.2, 0.25) is 0 Å². The number of aryl methyl sites for hydroxylation is 1. The lowest BCUT2D eigenvalue weighted by atomic mass is 10.1. The van der Waals surface area contributed by atoms with Gasteiger partial charge in [-0.1, -0.05) is 48.5 Å². The predicted octanol–water partition coefficient (Wildman–Crippen LogP) is 7.07. The van der Waals surface area contributed by atoms with E-state index in [2.05, 4.69) is 46.4 Å². The molecule has 1 heterocycles. The third kappa shape index (κ3) is 4.87. The Morgan fingerprint density at radius 1 is 0.943 bits per heavy atom. The second-order valence-electron chi connectivity index (χ2n) is 8.39. The molecular weight excluding hydrogens is 434 g/mol. The fourth-order valence-corrected chi connectivity index (χ4v) is 4.06. The van der Waals surface area contributed by atoms with Gasteiger partial charge in [0.1, 0.15) is 18.5 Å². The molecule has 0 saturated heterocycles. The first-order valence-electron chi connectivity index (χ1n) is 11.6. The molecule has 0 radical (unpaired) electrons. The molecule has 0 aliphatic heterocycles. The number of hydrogen-bond acceptors (Lipinski definition) is 4. The number of imidazole rings is 1. The van der Waals surface area contributed by atoms with Gasteiger partial charge in [-0.2, -0.15) is 5.26 Å². The first-order valence-corrected chi connectivity index (χ1v) is 11.6. The van der Waals surface area contributed by atoms with Gasteiger partial charge >= 0.3 is 0 Å². The fraction of sp³-hybridized carbons (Fsp3) is 0.133. The molecule has 5 heteroatoms. The Bertz CT molecular complexity index is 1590. The smallest absolute Gasteiger partial charge is 0.161 e. The number of benzene rings is 4. The Morgan fingerprint density at radius 2 is 1.80 bits per heavy atom. The van der Waals surface area contributed by atoms with Gasteiger partial charge in [0.15, 0.2) is 11.5 Å². The van der Waals surface area contributed by atoms with Crippen molar-refractivity contribution >= 4 is 33.5 Å². The van der Waals surface area contributed by atoms with Crippen LogP contribution in [0.3, 0.4) is 0 Å². The Hall–Kier alpha value is -4.56. The molecule has 0 saturated carbocycles. The lowest BCUT2D eigenvalue weighted by Crippen LogP contribution is -2.00. The van der Waals surface area contributed by atoms with E-state index in [0.717, 1.165) is 27.7 Å². The fourth-order valence-electron chi connectivity index (χ4n) is 4.06. The minimum absolute atomic E-state index is 0.432. The monoisotopic (exact) mass is 459 g/mol. The summed E-state index contributed by atoms with van der Waals surface area (Å²) in [6.07, 6.45) is 1.81. The summed E-state index contributed by atoms with van der Waals surface area (Å²) in [5, 5.41) is 12.2. The number of rotatable bonds is 7. The molecular formula is C30H25N3O2. The van der Waals surface area contributed by atoms with E-state index in [0.29, 0.717) is 36.1 Å². The highest BCUT2D eigenvalue weighted by atomic mass is 16.5. The van der Waals surface area contributed by atoms with Crippen molar-refractivity contribution in [3.63, 3.8) is 0 Å². The van der Waals surface area contributed by atoms with Crippen molar-refractivity contribution in [1.82, 2.24) is 9.97 Å². The van der Waals surface area contributed by atoms with Crippen LogP contribution in [0.2, 0.25) is 0 Å². The summed E-state index contributed by atoms with van der Waals surface area (Å²) >= 11 is 0. The maximum absolute atomic E-state index is 9.80. The topological polar surface area (TPSA) is 70.9 Å². The highest BCUT2D eigenvalue weighted by molar-refractivity contribution is 5.90. The van der Waals surface area contributed by atoms with Crippen LogP contribution in [0, 0.1) is 18.3 Å². The largest absolute Gasteiger partial charge is 0.490 e. The average Bonchev–Trinajstić information content (AvgIpc) is 3.30. The van der Waals surface area contributed by atoms with Gasteiger partial charge in [-0.3, -0.25) is 0 Å². The van der Waals surface area contributed by atoms with Gasteiger partial charge in [-0.05, 0) is 77.7 Å². The third-order valence-corrected chi connectivity index (χ3v) is 5.80. The number of nitriles is 1. The number of ether oxygens (including phenoxy) is 2. The van der Waals surface area contributed by atoms with Gasteiger partial charge in [0, 0.05) is 0 Å². The third-order valence-electron chi connectivity index (χ3n) is 5.80. The van der Waals surface area contributed by atoms with Crippen LogP contribution in [-0.2, 0) is 6.61 Å². The molecule has 1 aromatic heterocycles. The van der Waals surface area contributed by atoms with Crippen LogP contribution in [0.4, 0.5) is 0 Å². The number of aromatic amines is 1. The number of nitrogens with zero attached hydrogens (tertiary/aromatic N) is 2. The normalized spacial score (nSPS) is 11.5. The molecule has 0 atom stereocenters. The summed E-state index contributed by atoms with van der Waals surface area (Å²) in [5.74, 6) is 1.84. The second kappa shape index (κ2) is 9.74. The summed E-state index contributed by atoms with van der Waals surface area (Å²) in [4.78, 5) is 7.83. The minimum Gasteiger partial charge on any atom is -0.490 e. The Balaban J connectivity index is 1.40. The molecule has 5 aromatic rings. The molecule has 0 bridgehead atoms. The maximum atomic E-state index is 9.80. The van der Waals surface area contributed by atoms with Crippen LogP contribution in [0.25, 0.3) is 33.5 Å². The number of nitrogens with one attached hydrogen (secondary N) is 1. The van der Waals surface area contributed by atoms with E-state index in [4.69, 9.17) is 9.47 Å². The molecule has 1 N–H and O–H groups in total. The summed E-state index contributed by atoms with van der Waals surface area (Å²) in [5.41, 5.74) is 5.25. The van der Waals surface area contributed by atoms with Gasteiger partial charge in [-0.15, -0.1) is 0 Å². The van der Waals surface area contributed by atoms with Gasteiger partial charge in [-0.25, -0.2) is 4.98 Å². The SMILES string of the molecule is CCOc1cc(C=C(C#N)c2nc3ccc(C)cc3[nH]2)ccc1OCc1ccc2ccccc2c1. The highest BCUT2D eigenvalue weighted by Gasteiger charge is 2.11. The molecule has 0 unspecified atom stereocenters. The summed E-state index contributed by atoms with van der Waals surface area (Å²) in [6.45, 7) is 4.90. The van der Waals surface area contributed by atoms with E-state index in [1.807, 2.05) is 62.4 Å². The maximum Gasteiger partial charge on any atom is 0.161 e. The molecule has 0 aliphatic rings. The second-order valence-corrected chi connectivity index (χ2v) is 8.39. The van der Waals surface area contributed by atoms with Gasteiger partial charge in [0.05, 0.1) is 23.2 Å².